The third kappa shape index (κ3) is 1.57. The van der Waals surface area contributed by atoms with E-state index in [1.165, 1.54) is 19.3 Å². The molecule has 0 bridgehead atoms. The molecule has 2 unspecified atom stereocenters. The van der Waals surface area contributed by atoms with Crippen molar-refractivity contribution in [1.29, 1.82) is 0 Å². The quantitative estimate of drug-likeness (QED) is 0.646. The summed E-state index contributed by atoms with van der Waals surface area (Å²) in [5.74, 6) is 2.57. The molecule has 2 fully saturated rings. The Kier molecular flexibility index (Phi) is 2.14. The van der Waals surface area contributed by atoms with Crippen LogP contribution in [0.5, 0.6) is 0 Å². The van der Waals surface area contributed by atoms with Crippen LogP contribution >= 0.6 is 0 Å². The van der Waals surface area contributed by atoms with Gasteiger partial charge in [-0.2, -0.15) is 0 Å². The van der Waals surface area contributed by atoms with E-state index in [-0.39, 0.29) is 0 Å². The van der Waals surface area contributed by atoms with Gasteiger partial charge in [-0.3, -0.25) is 0 Å². The zero-order valence-corrected chi connectivity index (χ0v) is 6.96. The average Bonchev–Trinajstić information content (AvgIpc) is 2.87. The highest BCUT2D eigenvalue weighted by atomic mass is 16.5. The van der Waals surface area contributed by atoms with Gasteiger partial charge in [-0.05, 0) is 43.6 Å². The van der Waals surface area contributed by atoms with Crippen molar-refractivity contribution in [3.05, 3.63) is 0 Å². The van der Waals surface area contributed by atoms with Crippen LogP contribution < -0.4 is 5.73 Å². The second kappa shape index (κ2) is 3.11. The van der Waals surface area contributed by atoms with Gasteiger partial charge in [0.05, 0.1) is 6.61 Å². The molecule has 2 N–H and O–H groups in total. The zero-order chi connectivity index (χ0) is 7.68. The fourth-order valence-corrected chi connectivity index (χ4v) is 2.20. The smallest absolute Gasteiger partial charge is 0.0509 e. The van der Waals surface area contributed by atoms with Crippen LogP contribution in [0.25, 0.3) is 0 Å². The van der Waals surface area contributed by atoms with Gasteiger partial charge in [-0.25, -0.2) is 0 Å². The Balaban J connectivity index is 1.91. The minimum Gasteiger partial charge on any atom is -0.381 e. The standard InChI is InChI=1S/C9H17NO/c10-5-8-6-11-4-3-9(8)7-1-2-7/h7-9H,1-6,10H2. The van der Waals surface area contributed by atoms with E-state index in [0.29, 0.717) is 5.92 Å². The summed E-state index contributed by atoms with van der Waals surface area (Å²) in [5.41, 5.74) is 5.68. The summed E-state index contributed by atoms with van der Waals surface area (Å²) >= 11 is 0. The summed E-state index contributed by atoms with van der Waals surface area (Å²) in [4.78, 5) is 0. The molecule has 0 aromatic heterocycles. The highest BCUT2D eigenvalue weighted by molar-refractivity contribution is 4.87. The largest absolute Gasteiger partial charge is 0.381 e. The van der Waals surface area contributed by atoms with Crippen molar-refractivity contribution in [1.82, 2.24) is 0 Å². The van der Waals surface area contributed by atoms with Crippen LogP contribution in [0.3, 0.4) is 0 Å². The van der Waals surface area contributed by atoms with Crippen molar-refractivity contribution in [2.45, 2.75) is 19.3 Å². The Hall–Kier alpha value is -0.0800. The highest BCUT2D eigenvalue weighted by Crippen LogP contribution is 2.43. The van der Waals surface area contributed by atoms with Gasteiger partial charge in [-0.1, -0.05) is 0 Å². The summed E-state index contributed by atoms with van der Waals surface area (Å²) in [6.07, 6.45) is 4.15. The highest BCUT2D eigenvalue weighted by Gasteiger charge is 2.37. The number of ether oxygens (including phenoxy) is 1. The Bertz CT molecular complexity index is 134. The Morgan fingerprint density at radius 2 is 2.09 bits per heavy atom. The van der Waals surface area contributed by atoms with E-state index >= 15 is 0 Å². The Labute approximate surface area is 68.1 Å². The van der Waals surface area contributed by atoms with E-state index in [1.807, 2.05) is 0 Å². The lowest BCUT2D eigenvalue weighted by atomic mass is 9.84. The summed E-state index contributed by atoms with van der Waals surface area (Å²) in [5, 5.41) is 0. The fourth-order valence-electron chi connectivity index (χ4n) is 2.20. The molecule has 0 aromatic carbocycles. The minimum atomic E-state index is 0.663. The molecule has 11 heavy (non-hydrogen) atoms. The molecule has 0 aromatic rings. The molecule has 1 aliphatic heterocycles. The van der Waals surface area contributed by atoms with E-state index in [9.17, 15) is 0 Å². The van der Waals surface area contributed by atoms with Crippen LogP contribution in [0.15, 0.2) is 0 Å². The molecule has 0 spiro atoms. The van der Waals surface area contributed by atoms with Crippen LogP contribution in [0.4, 0.5) is 0 Å². The van der Waals surface area contributed by atoms with Gasteiger partial charge < -0.3 is 10.5 Å². The molecule has 64 valence electrons. The van der Waals surface area contributed by atoms with Gasteiger partial charge in [0, 0.05) is 6.61 Å². The molecule has 1 aliphatic carbocycles. The predicted molar refractivity (Wildman–Crippen MR) is 44.2 cm³/mol. The average molecular weight is 155 g/mol. The van der Waals surface area contributed by atoms with E-state index < -0.39 is 0 Å². The fraction of sp³-hybridized carbons (Fsp3) is 1.00. The van der Waals surface area contributed by atoms with Crippen molar-refractivity contribution >= 4 is 0 Å². The van der Waals surface area contributed by atoms with Crippen molar-refractivity contribution in [2.24, 2.45) is 23.5 Å². The molecular weight excluding hydrogens is 138 g/mol. The first kappa shape index (κ1) is 7.56. The number of hydrogen-bond acceptors (Lipinski definition) is 2. The van der Waals surface area contributed by atoms with Crippen molar-refractivity contribution in [2.75, 3.05) is 19.8 Å². The van der Waals surface area contributed by atoms with Crippen LogP contribution in [-0.4, -0.2) is 19.8 Å². The van der Waals surface area contributed by atoms with Crippen LogP contribution in [0, 0.1) is 17.8 Å². The summed E-state index contributed by atoms with van der Waals surface area (Å²) in [7, 11) is 0. The second-order valence-electron chi connectivity index (χ2n) is 3.86. The molecule has 1 saturated carbocycles. The first-order valence-corrected chi connectivity index (χ1v) is 4.69. The number of hydrogen-bond donors (Lipinski definition) is 1. The SMILES string of the molecule is NCC1COCCC1C1CC1. The van der Waals surface area contributed by atoms with Crippen molar-refractivity contribution in [3.8, 4) is 0 Å². The maximum absolute atomic E-state index is 5.68. The topological polar surface area (TPSA) is 35.2 Å². The van der Waals surface area contributed by atoms with Crippen molar-refractivity contribution < 1.29 is 4.74 Å². The van der Waals surface area contributed by atoms with Crippen LogP contribution in [-0.2, 0) is 4.74 Å². The number of rotatable bonds is 2. The molecule has 0 radical (unpaired) electrons. The molecule has 2 nitrogen and oxygen atoms in total. The normalized spacial score (nSPS) is 39.0. The third-order valence-electron chi connectivity index (χ3n) is 3.06. The van der Waals surface area contributed by atoms with Crippen LogP contribution in [0.2, 0.25) is 0 Å². The molecular formula is C9H17NO. The lowest BCUT2D eigenvalue weighted by molar-refractivity contribution is 0.0130. The maximum Gasteiger partial charge on any atom is 0.0509 e. The molecule has 2 heteroatoms. The first-order chi connectivity index (χ1) is 5.42. The lowest BCUT2D eigenvalue weighted by Crippen LogP contribution is -2.34. The van der Waals surface area contributed by atoms with Gasteiger partial charge in [-0.15, -0.1) is 0 Å². The predicted octanol–water partition coefficient (Wildman–Crippen LogP) is 1.01. The molecule has 2 atom stereocenters. The number of nitrogens with two attached hydrogens (primary N) is 1. The zero-order valence-electron chi connectivity index (χ0n) is 6.96. The van der Waals surface area contributed by atoms with E-state index in [2.05, 4.69) is 0 Å². The molecule has 2 aliphatic rings. The molecule has 1 saturated heterocycles. The van der Waals surface area contributed by atoms with Gasteiger partial charge in [0.1, 0.15) is 0 Å². The molecule has 1 heterocycles. The molecule has 0 amide bonds. The van der Waals surface area contributed by atoms with E-state index in [1.54, 1.807) is 0 Å². The summed E-state index contributed by atoms with van der Waals surface area (Å²) < 4.78 is 5.40. The summed E-state index contributed by atoms with van der Waals surface area (Å²) in [6.45, 7) is 2.70. The minimum absolute atomic E-state index is 0.663. The van der Waals surface area contributed by atoms with Crippen LogP contribution in [0.1, 0.15) is 19.3 Å². The Morgan fingerprint density at radius 1 is 1.27 bits per heavy atom. The summed E-state index contributed by atoms with van der Waals surface area (Å²) in [6, 6.07) is 0. The van der Waals surface area contributed by atoms with Gasteiger partial charge in [0.15, 0.2) is 0 Å². The van der Waals surface area contributed by atoms with Gasteiger partial charge in [0.25, 0.3) is 0 Å². The molecule has 2 rings (SSSR count). The van der Waals surface area contributed by atoms with Gasteiger partial charge >= 0.3 is 0 Å². The van der Waals surface area contributed by atoms with E-state index in [4.69, 9.17) is 10.5 Å². The van der Waals surface area contributed by atoms with Gasteiger partial charge in [0.2, 0.25) is 0 Å². The van der Waals surface area contributed by atoms with Crippen molar-refractivity contribution in [3.63, 3.8) is 0 Å². The lowest BCUT2D eigenvalue weighted by Gasteiger charge is -2.30. The van der Waals surface area contributed by atoms with E-state index in [0.717, 1.165) is 31.6 Å². The Morgan fingerprint density at radius 3 is 2.73 bits per heavy atom. The first-order valence-electron chi connectivity index (χ1n) is 4.69. The maximum atomic E-state index is 5.68. The monoisotopic (exact) mass is 155 g/mol. The second-order valence-corrected chi connectivity index (χ2v) is 3.86. The third-order valence-corrected chi connectivity index (χ3v) is 3.06.